The summed E-state index contributed by atoms with van der Waals surface area (Å²) in [6, 6.07) is 10.0. The van der Waals surface area contributed by atoms with E-state index in [-0.39, 0.29) is 11.6 Å². The molecule has 0 saturated carbocycles. The maximum Gasteiger partial charge on any atom is 0.319 e. The summed E-state index contributed by atoms with van der Waals surface area (Å²) >= 11 is 0. The maximum atomic E-state index is 13.6. The number of hydrogen-bond acceptors (Lipinski definition) is 7. The van der Waals surface area contributed by atoms with Crippen molar-refractivity contribution in [3.8, 4) is 11.6 Å². The summed E-state index contributed by atoms with van der Waals surface area (Å²) in [6.07, 6.45) is 1.35. The van der Waals surface area contributed by atoms with Crippen LogP contribution in [0.2, 0.25) is 0 Å². The van der Waals surface area contributed by atoms with Crippen molar-refractivity contribution in [2.24, 2.45) is 0 Å². The monoisotopic (exact) mass is 448 g/mol. The van der Waals surface area contributed by atoms with Gasteiger partial charge in [0.05, 0.1) is 23.2 Å². The summed E-state index contributed by atoms with van der Waals surface area (Å²) in [7, 11) is 0. The van der Waals surface area contributed by atoms with E-state index < -0.39 is 12.5 Å². The van der Waals surface area contributed by atoms with Gasteiger partial charge in [-0.3, -0.25) is 0 Å². The predicted octanol–water partition coefficient (Wildman–Crippen LogP) is 3.90. The number of aromatic nitrogens is 7. The van der Waals surface area contributed by atoms with Crippen LogP contribution in [0.4, 0.5) is 14.8 Å². The second-order valence-corrected chi connectivity index (χ2v) is 7.83. The van der Waals surface area contributed by atoms with Gasteiger partial charge in [-0.15, -0.1) is 5.10 Å². The molecule has 5 aromatic rings. The first kappa shape index (κ1) is 19.5. The first-order valence-corrected chi connectivity index (χ1v) is 10.4. The highest BCUT2D eigenvalue weighted by Crippen LogP contribution is 2.37. The number of alkyl halides is 2. The number of hydrogen-bond donors (Lipinski definition) is 1. The number of rotatable bonds is 4. The minimum Gasteiger partial charge on any atom is -0.402 e. The van der Waals surface area contributed by atoms with Crippen LogP contribution in [0, 0.1) is 6.92 Å². The fourth-order valence-electron chi connectivity index (χ4n) is 4.25. The number of halogens is 2. The fraction of sp³-hybridized carbons (Fsp3) is 0.227. The lowest BCUT2D eigenvalue weighted by atomic mass is 10.00. The van der Waals surface area contributed by atoms with E-state index in [9.17, 15) is 8.78 Å². The standard InChI is InChI=1S/C22H18F2N8O/c1-12-4-2-6-15(27-12)21-28-29-22(33-21)31-9-7-14-18(26-11-25-14)19(31)16-10-17-13(20(23)24)5-3-8-32(17)30-16/h2-6,8,10-11,19-20H,7,9H2,1H3,(H,25,26). The first-order chi connectivity index (χ1) is 16.1. The van der Waals surface area contributed by atoms with Crippen molar-refractivity contribution in [2.45, 2.75) is 25.8 Å². The van der Waals surface area contributed by atoms with E-state index in [4.69, 9.17) is 4.42 Å². The minimum atomic E-state index is -2.61. The third-order valence-electron chi connectivity index (χ3n) is 5.76. The van der Waals surface area contributed by atoms with E-state index in [1.165, 1.54) is 10.6 Å². The topological polar surface area (TPSA) is 101 Å². The zero-order valence-corrected chi connectivity index (χ0v) is 17.5. The van der Waals surface area contributed by atoms with Crippen molar-refractivity contribution in [3.63, 3.8) is 0 Å². The Kier molecular flexibility index (Phi) is 4.42. The van der Waals surface area contributed by atoms with Crippen LogP contribution in [-0.2, 0) is 6.42 Å². The molecule has 1 atom stereocenters. The molecule has 0 bridgehead atoms. The molecule has 1 aliphatic heterocycles. The van der Waals surface area contributed by atoms with Crippen LogP contribution in [-0.4, -0.2) is 41.3 Å². The molecular formula is C22H18F2N8O. The quantitative estimate of drug-likeness (QED) is 0.445. The van der Waals surface area contributed by atoms with Crippen molar-refractivity contribution in [3.05, 3.63) is 77.3 Å². The normalized spacial score (nSPS) is 16.0. The second-order valence-electron chi connectivity index (χ2n) is 7.83. The third kappa shape index (κ3) is 3.23. The number of pyridine rings is 2. The van der Waals surface area contributed by atoms with Gasteiger partial charge in [0.15, 0.2) is 0 Å². The molecule has 5 aromatic heterocycles. The summed E-state index contributed by atoms with van der Waals surface area (Å²) in [5.74, 6) is 0.301. The third-order valence-corrected chi connectivity index (χ3v) is 5.76. The summed E-state index contributed by atoms with van der Waals surface area (Å²) in [6.45, 7) is 2.44. The van der Waals surface area contributed by atoms with E-state index in [0.29, 0.717) is 35.8 Å². The Morgan fingerprint density at radius 3 is 2.94 bits per heavy atom. The minimum absolute atomic E-state index is 0.0774. The highest BCUT2D eigenvalue weighted by molar-refractivity contribution is 5.58. The summed E-state index contributed by atoms with van der Waals surface area (Å²) in [5.41, 5.74) is 3.95. The van der Waals surface area contributed by atoms with Crippen LogP contribution < -0.4 is 4.90 Å². The Bertz CT molecular complexity index is 1460. The van der Waals surface area contributed by atoms with Gasteiger partial charge >= 0.3 is 6.01 Å². The van der Waals surface area contributed by atoms with Gasteiger partial charge in [-0.05, 0) is 37.3 Å². The van der Waals surface area contributed by atoms with Crippen molar-refractivity contribution in [2.75, 3.05) is 11.4 Å². The first-order valence-electron chi connectivity index (χ1n) is 10.4. The van der Waals surface area contributed by atoms with Crippen LogP contribution in [0.25, 0.3) is 17.1 Å². The van der Waals surface area contributed by atoms with E-state index in [1.54, 1.807) is 30.7 Å². The molecule has 6 rings (SSSR count). The van der Waals surface area contributed by atoms with Crippen LogP contribution in [0.3, 0.4) is 0 Å². The number of aryl methyl sites for hydroxylation is 1. The molecule has 0 amide bonds. The fourth-order valence-corrected chi connectivity index (χ4v) is 4.25. The molecule has 11 heteroatoms. The average Bonchev–Trinajstić information content (AvgIpc) is 3.56. The molecule has 0 aromatic carbocycles. The molecule has 0 aliphatic carbocycles. The lowest BCUT2D eigenvalue weighted by Gasteiger charge is -2.32. The Balaban J connectivity index is 1.45. The molecule has 166 valence electrons. The average molecular weight is 448 g/mol. The van der Waals surface area contributed by atoms with Crippen LogP contribution in [0.5, 0.6) is 0 Å². The molecule has 33 heavy (non-hydrogen) atoms. The maximum absolute atomic E-state index is 13.6. The molecule has 0 fully saturated rings. The van der Waals surface area contributed by atoms with Gasteiger partial charge < -0.3 is 14.3 Å². The number of H-pyrrole nitrogens is 1. The van der Waals surface area contributed by atoms with Crippen molar-refractivity contribution >= 4 is 11.5 Å². The lowest BCUT2D eigenvalue weighted by Crippen LogP contribution is -2.36. The molecule has 0 radical (unpaired) electrons. The highest BCUT2D eigenvalue weighted by Gasteiger charge is 2.36. The molecule has 0 spiro atoms. The van der Waals surface area contributed by atoms with Crippen LogP contribution in [0.1, 0.15) is 40.8 Å². The Morgan fingerprint density at radius 1 is 1.18 bits per heavy atom. The Hall–Kier alpha value is -4.15. The molecule has 1 aliphatic rings. The number of imidazole rings is 1. The smallest absolute Gasteiger partial charge is 0.319 e. The highest BCUT2D eigenvalue weighted by atomic mass is 19.3. The largest absolute Gasteiger partial charge is 0.402 e. The number of nitrogens with zero attached hydrogens (tertiary/aromatic N) is 7. The van der Waals surface area contributed by atoms with Crippen LogP contribution in [0.15, 0.2) is 53.3 Å². The van der Waals surface area contributed by atoms with Gasteiger partial charge in [0, 0.05) is 36.1 Å². The lowest BCUT2D eigenvalue weighted by molar-refractivity contribution is 0.152. The van der Waals surface area contributed by atoms with E-state index in [1.807, 2.05) is 24.0 Å². The zero-order chi connectivity index (χ0) is 22.5. The second kappa shape index (κ2) is 7.47. The van der Waals surface area contributed by atoms with E-state index in [0.717, 1.165) is 17.1 Å². The van der Waals surface area contributed by atoms with Gasteiger partial charge in [-0.1, -0.05) is 11.2 Å². The molecule has 9 nitrogen and oxygen atoms in total. The van der Waals surface area contributed by atoms with Gasteiger partial charge in [-0.25, -0.2) is 23.3 Å². The van der Waals surface area contributed by atoms with Crippen molar-refractivity contribution in [1.29, 1.82) is 0 Å². The van der Waals surface area contributed by atoms with Crippen molar-refractivity contribution < 1.29 is 13.2 Å². The number of fused-ring (bicyclic) bond motifs is 2. The van der Waals surface area contributed by atoms with E-state index in [2.05, 4.69) is 30.2 Å². The molecule has 0 saturated heterocycles. The van der Waals surface area contributed by atoms with Gasteiger partial charge in [-0.2, -0.15) is 5.10 Å². The number of nitrogens with one attached hydrogen (secondary N) is 1. The Morgan fingerprint density at radius 2 is 2.09 bits per heavy atom. The van der Waals surface area contributed by atoms with Gasteiger partial charge in [0.2, 0.25) is 0 Å². The SMILES string of the molecule is Cc1cccc(-c2nnc(N3CCc4[nH]cnc4C3c3cc4c(C(F)F)cccn4n3)o2)n1. The summed E-state index contributed by atoms with van der Waals surface area (Å²) < 4.78 is 34.6. The van der Waals surface area contributed by atoms with Crippen LogP contribution >= 0.6 is 0 Å². The summed E-state index contributed by atoms with van der Waals surface area (Å²) in [4.78, 5) is 14.0. The molecule has 1 N–H and O–H groups in total. The molecular weight excluding hydrogens is 430 g/mol. The number of aromatic amines is 1. The predicted molar refractivity (Wildman–Crippen MR) is 114 cm³/mol. The van der Waals surface area contributed by atoms with Crippen molar-refractivity contribution in [1.82, 2.24) is 34.8 Å². The van der Waals surface area contributed by atoms with Gasteiger partial charge in [0.1, 0.15) is 11.7 Å². The van der Waals surface area contributed by atoms with E-state index >= 15 is 0 Å². The zero-order valence-electron chi connectivity index (χ0n) is 17.5. The Labute approximate surface area is 186 Å². The van der Waals surface area contributed by atoms with Gasteiger partial charge in [0.25, 0.3) is 12.3 Å². The molecule has 1 unspecified atom stereocenters. The number of anilines is 1. The molecule has 6 heterocycles. The summed E-state index contributed by atoms with van der Waals surface area (Å²) in [5, 5.41) is 13.0.